The van der Waals surface area contributed by atoms with E-state index in [1.807, 2.05) is 19.1 Å². The molecule has 19 heavy (non-hydrogen) atoms. The lowest BCUT2D eigenvalue weighted by Crippen LogP contribution is -2.30. The maximum Gasteiger partial charge on any atom is 0.220 e. The molecule has 0 aromatic carbocycles. The fourth-order valence-electron chi connectivity index (χ4n) is 2.13. The number of aryl methyl sites for hydroxylation is 1. The Balaban J connectivity index is 1.61. The Morgan fingerprint density at radius 1 is 1.53 bits per heavy atom. The lowest BCUT2D eigenvalue weighted by Gasteiger charge is -2.10. The molecule has 0 spiro atoms. The fourth-order valence-corrected chi connectivity index (χ4v) is 2.13. The van der Waals surface area contributed by atoms with Crippen molar-refractivity contribution in [3.63, 3.8) is 0 Å². The van der Waals surface area contributed by atoms with Crippen molar-refractivity contribution >= 4 is 11.7 Å². The number of nitrogens with one attached hydrogen (secondary N) is 2. The molecule has 1 aliphatic heterocycles. The summed E-state index contributed by atoms with van der Waals surface area (Å²) in [4.78, 5) is 15.9. The van der Waals surface area contributed by atoms with E-state index in [2.05, 4.69) is 15.6 Å². The third-order valence-corrected chi connectivity index (χ3v) is 3.25. The number of carbonyl (C=O) groups excluding carboxylic acids is 1. The molecule has 1 atom stereocenters. The average molecular weight is 263 g/mol. The number of carbonyl (C=O) groups is 1. The largest absolute Gasteiger partial charge is 0.381 e. The highest BCUT2D eigenvalue weighted by molar-refractivity contribution is 5.76. The first-order valence-corrected chi connectivity index (χ1v) is 6.75. The Kier molecular flexibility index (Phi) is 5.15. The van der Waals surface area contributed by atoms with Crippen LogP contribution in [-0.4, -0.2) is 37.2 Å². The minimum atomic E-state index is 0.107. The van der Waals surface area contributed by atoms with Crippen molar-refractivity contribution in [1.82, 2.24) is 10.3 Å². The lowest BCUT2D eigenvalue weighted by molar-refractivity contribution is -0.121. The molecule has 0 radical (unpaired) electrons. The Bertz CT molecular complexity index is 417. The van der Waals surface area contributed by atoms with Gasteiger partial charge >= 0.3 is 0 Å². The van der Waals surface area contributed by atoms with Crippen LogP contribution in [0.4, 0.5) is 5.82 Å². The van der Waals surface area contributed by atoms with Crippen LogP contribution in [0.1, 0.15) is 18.4 Å². The molecule has 0 bridgehead atoms. The molecule has 1 fully saturated rings. The summed E-state index contributed by atoms with van der Waals surface area (Å²) in [5.41, 5.74) is 1.11. The van der Waals surface area contributed by atoms with Gasteiger partial charge in [-0.2, -0.15) is 0 Å². The van der Waals surface area contributed by atoms with Crippen LogP contribution < -0.4 is 10.6 Å². The van der Waals surface area contributed by atoms with Crippen LogP contribution in [0.25, 0.3) is 0 Å². The van der Waals surface area contributed by atoms with Crippen molar-refractivity contribution in [2.45, 2.75) is 19.8 Å². The highest BCUT2D eigenvalue weighted by atomic mass is 16.5. The third-order valence-electron chi connectivity index (χ3n) is 3.25. The zero-order valence-electron chi connectivity index (χ0n) is 11.3. The number of hydrogen-bond donors (Lipinski definition) is 2. The number of nitrogens with zero attached hydrogens (tertiary/aromatic N) is 1. The number of rotatable bonds is 6. The maximum absolute atomic E-state index is 11.7. The van der Waals surface area contributed by atoms with Crippen molar-refractivity contribution in [2.24, 2.45) is 5.92 Å². The molecule has 1 aliphatic rings. The summed E-state index contributed by atoms with van der Waals surface area (Å²) < 4.78 is 5.25. The highest BCUT2D eigenvalue weighted by Crippen LogP contribution is 2.15. The molecule has 1 aromatic rings. The second kappa shape index (κ2) is 7.09. The minimum absolute atomic E-state index is 0.107. The summed E-state index contributed by atoms with van der Waals surface area (Å²) >= 11 is 0. The zero-order chi connectivity index (χ0) is 13.5. The summed E-state index contributed by atoms with van der Waals surface area (Å²) in [6.07, 6.45) is 3.33. The first-order valence-electron chi connectivity index (χ1n) is 6.75. The first kappa shape index (κ1) is 13.8. The van der Waals surface area contributed by atoms with E-state index < -0.39 is 0 Å². The van der Waals surface area contributed by atoms with E-state index in [9.17, 15) is 4.79 Å². The van der Waals surface area contributed by atoms with Gasteiger partial charge in [0.1, 0.15) is 5.82 Å². The molecule has 0 saturated carbocycles. The smallest absolute Gasteiger partial charge is 0.220 e. The standard InChI is InChI=1S/C14H21N3O2/c1-11-3-2-5-16-14(11)17-7-6-15-13(18)9-12-4-8-19-10-12/h2-3,5,12H,4,6-10H2,1H3,(H,15,18)(H,16,17). The van der Waals surface area contributed by atoms with E-state index in [0.29, 0.717) is 25.4 Å². The van der Waals surface area contributed by atoms with Gasteiger partial charge in [-0.25, -0.2) is 4.98 Å². The van der Waals surface area contributed by atoms with Crippen LogP contribution in [0.5, 0.6) is 0 Å². The van der Waals surface area contributed by atoms with Crippen LogP contribution in [0.2, 0.25) is 0 Å². The topological polar surface area (TPSA) is 63.2 Å². The SMILES string of the molecule is Cc1cccnc1NCCNC(=O)CC1CCOC1. The predicted molar refractivity (Wildman–Crippen MR) is 74.0 cm³/mol. The van der Waals surface area contributed by atoms with Gasteiger partial charge in [0.25, 0.3) is 0 Å². The second-order valence-corrected chi connectivity index (χ2v) is 4.88. The molecule has 2 heterocycles. The molecule has 5 heteroatoms. The van der Waals surface area contributed by atoms with E-state index in [-0.39, 0.29) is 5.91 Å². The molecule has 2 N–H and O–H groups in total. The van der Waals surface area contributed by atoms with Gasteiger partial charge in [0.15, 0.2) is 0 Å². The molecular formula is C14H21N3O2. The summed E-state index contributed by atoms with van der Waals surface area (Å²) in [6, 6.07) is 3.92. The van der Waals surface area contributed by atoms with Gasteiger partial charge in [-0.3, -0.25) is 4.79 Å². The molecule has 2 rings (SSSR count). The van der Waals surface area contributed by atoms with Gasteiger partial charge in [-0.1, -0.05) is 6.07 Å². The Morgan fingerprint density at radius 3 is 3.16 bits per heavy atom. The number of anilines is 1. The van der Waals surface area contributed by atoms with Crippen molar-refractivity contribution in [3.8, 4) is 0 Å². The van der Waals surface area contributed by atoms with Gasteiger partial charge in [-0.05, 0) is 30.9 Å². The monoisotopic (exact) mass is 263 g/mol. The van der Waals surface area contributed by atoms with E-state index in [0.717, 1.165) is 31.0 Å². The van der Waals surface area contributed by atoms with Crippen molar-refractivity contribution in [2.75, 3.05) is 31.6 Å². The molecule has 1 amide bonds. The van der Waals surface area contributed by atoms with Crippen LogP contribution in [0.3, 0.4) is 0 Å². The molecule has 1 aromatic heterocycles. The molecule has 5 nitrogen and oxygen atoms in total. The molecule has 0 aliphatic carbocycles. The van der Waals surface area contributed by atoms with Crippen LogP contribution in [0.15, 0.2) is 18.3 Å². The summed E-state index contributed by atoms with van der Waals surface area (Å²) in [7, 11) is 0. The number of amides is 1. The summed E-state index contributed by atoms with van der Waals surface area (Å²) in [5, 5.41) is 6.13. The quantitative estimate of drug-likeness (QED) is 0.760. The molecule has 1 unspecified atom stereocenters. The maximum atomic E-state index is 11.7. The molecule has 104 valence electrons. The van der Waals surface area contributed by atoms with Gasteiger partial charge in [0, 0.05) is 38.9 Å². The number of ether oxygens (including phenoxy) is 1. The minimum Gasteiger partial charge on any atom is -0.381 e. The van der Waals surface area contributed by atoms with Crippen molar-refractivity contribution in [1.29, 1.82) is 0 Å². The van der Waals surface area contributed by atoms with Gasteiger partial charge < -0.3 is 15.4 Å². The van der Waals surface area contributed by atoms with Crippen molar-refractivity contribution < 1.29 is 9.53 Å². The zero-order valence-corrected chi connectivity index (χ0v) is 11.3. The summed E-state index contributed by atoms with van der Waals surface area (Å²) in [5.74, 6) is 1.38. The Labute approximate surface area is 113 Å². The van der Waals surface area contributed by atoms with Crippen molar-refractivity contribution in [3.05, 3.63) is 23.9 Å². The van der Waals surface area contributed by atoms with E-state index in [4.69, 9.17) is 4.74 Å². The molecule has 1 saturated heterocycles. The van der Waals surface area contributed by atoms with E-state index in [1.54, 1.807) is 6.20 Å². The third kappa shape index (κ3) is 4.52. The van der Waals surface area contributed by atoms with Crippen LogP contribution in [-0.2, 0) is 9.53 Å². The average Bonchev–Trinajstić information content (AvgIpc) is 2.89. The van der Waals surface area contributed by atoms with Gasteiger partial charge in [-0.15, -0.1) is 0 Å². The highest BCUT2D eigenvalue weighted by Gasteiger charge is 2.18. The summed E-state index contributed by atoms with van der Waals surface area (Å²) in [6.45, 7) is 4.82. The fraction of sp³-hybridized carbons (Fsp3) is 0.571. The molecular weight excluding hydrogens is 242 g/mol. The first-order chi connectivity index (χ1) is 9.25. The number of pyridine rings is 1. The van der Waals surface area contributed by atoms with Gasteiger partial charge in [0.2, 0.25) is 5.91 Å². The van der Waals surface area contributed by atoms with E-state index in [1.165, 1.54) is 0 Å². The van der Waals surface area contributed by atoms with Crippen LogP contribution >= 0.6 is 0 Å². The normalized spacial score (nSPS) is 18.3. The second-order valence-electron chi connectivity index (χ2n) is 4.88. The Hall–Kier alpha value is -1.62. The lowest BCUT2D eigenvalue weighted by atomic mass is 10.1. The van der Waals surface area contributed by atoms with Gasteiger partial charge in [0.05, 0.1) is 0 Å². The van der Waals surface area contributed by atoms with E-state index >= 15 is 0 Å². The predicted octanol–water partition coefficient (Wildman–Crippen LogP) is 1.34. The number of hydrogen-bond acceptors (Lipinski definition) is 4. The number of aromatic nitrogens is 1. The van der Waals surface area contributed by atoms with Crippen LogP contribution in [0, 0.1) is 12.8 Å². The Morgan fingerprint density at radius 2 is 2.42 bits per heavy atom.